The average molecular weight is 266 g/mol. The summed E-state index contributed by atoms with van der Waals surface area (Å²) < 4.78 is 0. The minimum Gasteiger partial charge on any atom is -0.411 e. The first-order valence-corrected chi connectivity index (χ1v) is 7.14. The van der Waals surface area contributed by atoms with Crippen LogP contribution in [0.5, 0.6) is 0 Å². The lowest BCUT2D eigenvalue weighted by molar-refractivity contribution is -0.00532. The van der Waals surface area contributed by atoms with E-state index in [1.54, 1.807) is 0 Å². The number of oxime groups is 1. The summed E-state index contributed by atoms with van der Waals surface area (Å²) in [6.07, 6.45) is 4.49. The van der Waals surface area contributed by atoms with Gasteiger partial charge in [-0.25, -0.2) is 0 Å². The van der Waals surface area contributed by atoms with Crippen LogP contribution in [0.25, 0.3) is 0 Å². The molecule has 0 bridgehead atoms. The van der Waals surface area contributed by atoms with Crippen molar-refractivity contribution in [3.63, 3.8) is 0 Å². The third kappa shape index (κ3) is 2.43. The Bertz CT molecular complexity index is 403. The number of nitrogens with one attached hydrogen (secondary N) is 1. The van der Waals surface area contributed by atoms with E-state index >= 15 is 0 Å². The maximum Gasteiger partial charge on any atom is 0.0815 e. The molecule has 0 aromatic carbocycles. The van der Waals surface area contributed by atoms with E-state index in [9.17, 15) is 10.4 Å². The van der Waals surface area contributed by atoms with E-state index in [2.05, 4.69) is 31.1 Å². The molecule has 3 atom stereocenters. The van der Waals surface area contributed by atoms with E-state index in [4.69, 9.17) is 0 Å². The lowest BCUT2D eigenvalue weighted by Gasteiger charge is -2.53. The third-order valence-corrected chi connectivity index (χ3v) is 5.40. The highest BCUT2D eigenvalue weighted by Gasteiger charge is 2.49. The number of nitrogens with zero attached hydrogens (tertiary/aromatic N) is 1. The van der Waals surface area contributed by atoms with Gasteiger partial charge in [-0.1, -0.05) is 31.2 Å². The first-order chi connectivity index (χ1) is 8.84. The van der Waals surface area contributed by atoms with Crippen molar-refractivity contribution in [2.75, 3.05) is 0 Å². The summed E-state index contributed by atoms with van der Waals surface area (Å²) >= 11 is 0. The van der Waals surface area contributed by atoms with Gasteiger partial charge in [0.05, 0.1) is 11.3 Å². The molecule has 2 fully saturated rings. The van der Waals surface area contributed by atoms with Crippen molar-refractivity contribution in [2.24, 2.45) is 22.4 Å². The zero-order valence-electron chi connectivity index (χ0n) is 12.2. The SMILES string of the molecule is C=C1CC/C(=N\O)[C@](C)(NO)CC[C@@H]2[C@@H]1CC2(C)C. The number of hydrogen-bond acceptors (Lipinski definition) is 4. The second-order valence-corrected chi connectivity index (χ2v) is 7.09. The van der Waals surface area contributed by atoms with Crippen LogP contribution < -0.4 is 5.48 Å². The van der Waals surface area contributed by atoms with Gasteiger partial charge in [-0.15, -0.1) is 0 Å². The Balaban J connectivity index is 2.24. The van der Waals surface area contributed by atoms with Gasteiger partial charge >= 0.3 is 0 Å². The van der Waals surface area contributed by atoms with Crippen molar-refractivity contribution in [3.05, 3.63) is 12.2 Å². The summed E-state index contributed by atoms with van der Waals surface area (Å²) in [4.78, 5) is 0. The standard InChI is InChI=1S/C15H26N2O2/c1-10-5-6-13(16-18)15(4,17-19)8-7-12-11(10)9-14(12,2)3/h11-12,17-19H,1,5-9H2,2-4H3/b16-13+/t11-,12-,15-/m1/s1. The largest absolute Gasteiger partial charge is 0.411 e. The predicted molar refractivity (Wildman–Crippen MR) is 75.5 cm³/mol. The molecule has 4 nitrogen and oxygen atoms in total. The Kier molecular flexibility index (Phi) is 3.76. The van der Waals surface area contributed by atoms with E-state index in [1.165, 1.54) is 12.0 Å². The van der Waals surface area contributed by atoms with Crippen LogP contribution in [-0.2, 0) is 0 Å². The van der Waals surface area contributed by atoms with Gasteiger partial charge in [0.1, 0.15) is 0 Å². The van der Waals surface area contributed by atoms with Crippen molar-refractivity contribution in [1.82, 2.24) is 5.48 Å². The number of hydroxylamine groups is 1. The van der Waals surface area contributed by atoms with Crippen LogP contribution in [0.1, 0.15) is 52.9 Å². The second kappa shape index (κ2) is 4.91. The van der Waals surface area contributed by atoms with Crippen molar-refractivity contribution in [2.45, 2.75) is 58.4 Å². The first kappa shape index (κ1) is 14.5. The van der Waals surface area contributed by atoms with Gasteiger partial charge in [0.25, 0.3) is 0 Å². The molecule has 19 heavy (non-hydrogen) atoms. The molecule has 2 rings (SSSR count). The molecule has 108 valence electrons. The van der Waals surface area contributed by atoms with Crippen molar-refractivity contribution in [1.29, 1.82) is 0 Å². The van der Waals surface area contributed by atoms with E-state index < -0.39 is 5.54 Å². The Hall–Kier alpha value is -0.870. The molecule has 0 amide bonds. The monoisotopic (exact) mass is 266 g/mol. The molecular weight excluding hydrogens is 240 g/mol. The molecule has 0 aromatic rings. The zero-order valence-corrected chi connectivity index (χ0v) is 12.2. The summed E-state index contributed by atoms with van der Waals surface area (Å²) in [5, 5.41) is 22.1. The lowest BCUT2D eigenvalue weighted by Crippen LogP contribution is -2.49. The van der Waals surface area contributed by atoms with Gasteiger partial charge in [-0.3, -0.25) is 0 Å². The van der Waals surface area contributed by atoms with E-state index in [-0.39, 0.29) is 0 Å². The normalized spacial score (nSPS) is 40.8. The molecule has 2 aliphatic rings. The predicted octanol–water partition coefficient (Wildman–Crippen LogP) is 3.35. The number of fused-ring (bicyclic) bond motifs is 1. The zero-order chi connectivity index (χ0) is 14.3. The van der Waals surface area contributed by atoms with Crippen LogP contribution in [0.4, 0.5) is 0 Å². The van der Waals surface area contributed by atoms with Gasteiger partial charge in [0.2, 0.25) is 0 Å². The maximum absolute atomic E-state index is 9.46. The fraction of sp³-hybridized carbons (Fsp3) is 0.800. The summed E-state index contributed by atoms with van der Waals surface area (Å²) in [6.45, 7) is 10.7. The Labute approximate surface area is 115 Å². The fourth-order valence-electron chi connectivity index (χ4n) is 3.87. The van der Waals surface area contributed by atoms with Crippen molar-refractivity contribution in [3.8, 4) is 0 Å². The average Bonchev–Trinajstić information content (AvgIpc) is 2.39. The van der Waals surface area contributed by atoms with Crippen LogP contribution in [0.3, 0.4) is 0 Å². The maximum atomic E-state index is 9.46. The summed E-state index contributed by atoms with van der Waals surface area (Å²) in [5.41, 5.74) is 3.97. The van der Waals surface area contributed by atoms with Crippen molar-refractivity contribution >= 4 is 5.71 Å². The Morgan fingerprint density at radius 2 is 2.00 bits per heavy atom. The number of hydrogen-bond donors (Lipinski definition) is 3. The molecule has 0 unspecified atom stereocenters. The van der Waals surface area contributed by atoms with Gasteiger partial charge in [-0.05, 0) is 56.3 Å². The molecule has 3 N–H and O–H groups in total. The fourth-order valence-corrected chi connectivity index (χ4v) is 3.87. The molecular formula is C15H26N2O2. The lowest BCUT2D eigenvalue weighted by atomic mass is 9.52. The molecule has 2 aliphatic carbocycles. The highest BCUT2D eigenvalue weighted by molar-refractivity contribution is 5.92. The highest BCUT2D eigenvalue weighted by Crippen LogP contribution is 2.56. The highest BCUT2D eigenvalue weighted by atomic mass is 16.5. The van der Waals surface area contributed by atoms with Crippen LogP contribution in [0, 0.1) is 17.3 Å². The van der Waals surface area contributed by atoms with E-state index in [0.717, 1.165) is 19.3 Å². The van der Waals surface area contributed by atoms with Crippen LogP contribution in [-0.4, -0.2) is 21.7 Å². The molecule has 0 aliphatic heterocycles. The summed E-state index contributed by atoms with van der Waals surface area (Å²) in [7, 11) is 0. The Morgan fingerprint density at radius 1 is 1.32 bits per heavy atom. The molecule has 0 aromatic heterocycles. The first-order valence-electron chi connectivity index (χ1n) is 7.14. The molecule has 0 radical (unpaired) electrons. The smallest absolute Gasteiger partial charge is 0.0815 e. The number of allylic oxidation sites excluding steroid dienone is 1. The molecule has 0 saturated heterocycles. The summed E-state index contributed by atoms with van der Waals surface area (Å²) in [5.74, 6) is 1.21. The molecule has 2 saturated carbocycles. The second-order valence-electron chi connectivity index (χ2n) is 7.09. The van der Waals surface area contributed by atoms with E-state index in [0.29, 0.717) is 29.4 Å². The van der Waals surface area contributed by atoms with Crippen molar-refractivity contribution < 1.29 is 10.4 Å². The molecule has 0 heterocycles. The summed E-state index contributed by atoms with van der Waals surface area (Å²) in [6, 6.07) is 0. The Morgan fingerprint density at radius 3 is 2.53 bits per heavy atom. The van der Waals surface area contributed by atoms with E-state index in [1.807, 2.05) is 6.92 Å². The van der Waals surface area contributed by atoms with Crippen LogP contribution >= 0.6 is 0 Å². The molecule has 4 heteroatoms. The minimum atomic E-state index is -0.629. The number of rotatable bonds is 1. The van der Waals surface area contributed by atoms with Gasteiger partial charge in [0.15, 0.2) is 0 Å². The van der Waals surface area contributed by atoms with Gasteiger partial charge in [-0.2, -0.15) is 5.48 Å². The van der Waals surface area contributed by atoms with Gasteiger partial charge in [0, 0.05) is 0 Å². The van der Waals surface area contributed by atoms with Crippen LogP contribution in [0.15, 0.2) is 17.3 Å². The van der Waals surface area contributed by atoms with Gasteiger partial charge < -0.3 is 10.4 Å². The third-order valence-electron chi connectivity index (χ3n) is 5.40. The molecule has 0 spiro atoms. The minimum absolute atomic E-state index is 0.352. The topological polar surface area (TPSA) is 64.9 Å². The van der Waals surface area contributed by atoms with Crippen LogP contribution in [0.2, 0.25) is 0 Å². The quantitative estimate of drug-likeness (QED) is 0.387.